The smallest absolute Gasteiger partial charge is 0.236 e. The SMILES string of the molecule is Cn1c(SCC(=O)Nc2ccon2)nnc1-c1ccc(Cl)cc1. The van der Waals surface area contributed by atoms with E-state index in [4.69, 9.17) is 11.6 Å². The number of amides is 1. The molecule has 2 heterocycles. The van der Waals surface area contributed by atoms with E-state index < -0.39 is 0 Å². The van der Waals surface area contributed by atoms with Gasteiger partial charge in [-0.1, -0.05) is 28.5 Å². The largest absolute Gasteiger partial charge is 0.363 e. The average molecular weight is 350 g/mol. The van der Waals surface area contributed by atoms with Crippen molar-refractivity contribution in [2.24, 2.45) is 7.05 Å². The first-order chi connectivity index (χ1) is 11.1. The van der Waals surface area contributed by atoms with Gasteiger partial charge in [0, 0.05) is 23.7 Å². The molecule has 0 radical (unpaired) electrons. The van der Waals surface area contributed by atoms with Gasteiger partial charge >= 0.3 is 0 Å². The molecule has 118 valence electrons. The Bertz CT molecular complexity index is 801. The molecule has 2 aromatic heterocycles. The summed E-state index contributed by atoms with van der Waals surface area (Å²) in [6, 6.07) is 8.91. The molecule has 0 atom stereocenters. The van der Waals surface area contributed by atoms with E-state index in [1.54, 1.807) is 18.2 Å². The molecule has 0 aliphatic heterocycles. The first kappa shape index (κ1) is 15.6. The first-order valence-electron chi connectivity index (χ1n) is 6.62. The van der Waals surface area contributed by atoms with Gasteiger partial charge in [-0.05, 0) is 24.3 Å². The summed E-state index contributed by atoms with van der Waals surface area (Å²) in [7, 11) is 1.85. The Labute approximate surface area is 141 Å². The molecule has 0 saturated carbocycles. The molecule has 3 aromatic rings. The van der Waals surface area contributed by atoms with Gasteiger partial charge in [0.1, 0.15) is 6.26 Å². The molecule has 7 nitrogen and oxygen atoms in total. The number of rotatable bonds is 5. The minimum atomic E-state index is -0.194. The van der Waals surface area contributed by atoms with Gasteiger partial charge in [0.05, 0.1) is 5.75 Å². The maximum Gasteiger partial charge on any atom is 0.236 e. The van der Waals surface area contributed by atoms with Crippen LogP contribution >= 0.6 is 23.4 Å². The molecule has 0 saturated heterocycles. The molecule has 9 heteroatoms. The summed E-state index contributed by atoms with van der Waals surface area (Å²) < 4.78 is 6.48. The molecule has 0 spiro atoms. The second-order valence-corrected chi connectivity index (χ2v) is 5.97. The maximum absolute atomic E-state index is 11.8. The van der Waals surface area contributed by atoms with Crippen LogP contribution in [0.5, 0.6) is 0 Å². The van der Waals surface area contributed by atoms with Crippen LogP contribution in [0.2, 0.25) is 5.02 Å². The third-order valence-electron chi connectivity index (χ3n) is 2.97. The van der Waals surface area contributed by atoms with Gasteiger partial charge < -0.3 is 14.4 Å². The lowest BCUT2D eigenvalue weighted by Crippen LogP contribution is -2.14. The van der Waals surface area contributed by atoms with Crippen molar-refractivity contribution in [2.45, 2.75) is 5.16 Å². The Morgan fingerprint density at radius 3 is 2.78 bits per heavy atom. The minimum Gasteiger partial charge on any atom is -0.363 e. The fourth-order valence-corrected chi connectivity index (χ4v) is 2.71. The van der Waals surface area contributed by atoms with Crippen LogP contribution in [0.25, 0.3) is 11.4 Å². The number of carbonyl (C=O) groups excluding carboxylic acids is 1. The van der Waals surface area contributed by atoms with Gasteiger partial charge in [0.15, 0.2) is 16.8 Å². The van der Waals surface area contributed by atoms with Gasteiger partial charge in [0.25, 0.3) is 0 Å². The van der Waals surface area contributed by atoms with Gasteiger partial charge in [-0.15, -0.1) is 10.2 Å². The first-order valence-corrected chi connectivity index (χ1v) is 7.98. The van der Waals surface area contributed by atoms with E-state index in [0.29, 0.717) is 21.8 Å². The third kappa shape index (κ3) is 3.72. The highest BCUT2D eigenvalue weighted by Gasteiger charge is 2.13. The number of halogens is 1. The number of anilines is 1. The Morgan fingerprint density at radius 1 is 1.30 bits per heavy atom. The molecular formula is C14H12ClN5O2S. The van der Waals surface area contributed by atoms with E-state index >= 15 is 0 Å². The number of benzene rings is 1. The highest BCUT2D eigenvalue weighted by Crippen LogP contribution is 2.23. The number of hydrogen-bond donors (Lipinski definition) is 1. The summed E-state index contributed by atoms with van der Waals surface area (Å²) in [5.41, 5.74) is 0.906. The molecule has 1 N–H and O–H groups in total. The van der Waals surface area contributed by atoms with Crippen molar-refractivity contribution in [2.75, 3.05) is 11.1 Å². The second-order valence-electron chi connectivity index (χ2n) is 4.59. The van der Waals surface area contributed by atoms with Gasteiger partial charge in [0.2, 0.25) is 5.91 Å². The van der Waals surface area contributed by atoms with Crippen molar-refractivity contribution < 1.29 is 9.32 Å². The van der Waals surface area contributed by atoms with Crippen LogP contribution in [0.3, 0.4) is 0 Å². The maximum atomic E-state index is 11.8. The van der Waals surface area contributed by atoms with Gasteiger partial charge in [-0.2, -0.15) is 0 Å². The van der Waals surface area contributed by atoms with Crippen molar-refractivity contribution in [1.82, 2.24) is 19.9 Å². The summed E-state index contributed by atoms with van der Waals surface area (Å²) in [5, 5.41) is 15.8. The van der Waals surface area contributed by atoms with Crippen molar-refractivity contribution in [3.63, 3.8) is 0 Å². The summed E-state index contributed by atoms with van der Waals surface area (Å²) in [4.78, 5) is 11.8. The molecule has 1 aromatic carbocycles. The van der Waals surface area contributed by atoms with Crippen molar-refractivity contribution in [3.05, 3.63) is 41.6 Å². The predicted molar refractivity (Wildman–Crippen MR) is 87.3 cm³/mol. The van der Waals surface area contributed by atoms with Gasteiger partial charge in [-0.3, -0.25) is 4.79 Å². The number of nitrogens with zero attached hydrogens (tertiary/aromatic N) is 4. The zero-order valence-electron chi connectivity index (χ0n) is 12.1. The summed E-state index contributed by atoms with van der Waals surface area (Å²) >= 11 is 7.17. The lowest BCUT2D eigenvalue weighted by molar-refractivity contribution is -0.113. The minimum absolute atomic E-state index is 0.194. The number of carbonyl (C=O) groups is 1. The Balaban J connectivity index is 1.65. The predicted octanol–water partition coefficient (Wildman–Crippen LogP) is 2.85. The lowest BCUT2D eigenvalue weighted by atomic mass is 10.2. The summed E-state index contributed by atoms with van der Waals surface area (Å²) in [6.07, 6.45) is 1.39. The Hall–Kier alpha value is -2.32. The Kier molecular flexibility index (Phi) is 4.63. The zero-order chi connectivity index (χ0) is 16.2. The number of hydrogen-bond acceptors (Lipinski definition) is 6. The van der Waals surface area contributed by atoms with Crippen LogP contribution in [0, 0.1) is 0 Å². The van der Waals surface area contributed by atoms with Crippen LogP contribution in [0.15, 0.2) is 46.3 Å². The zero-order valence-corrected chi connectivity index (χ0v) is 13.6. The van der Waals surface area contributed by atoms with E-state index in [1.807, 2.05) is 23.7 Å². The number of aromatic nitrogens is 4. The molecule has 0 unspecified atom stereocenters. The van der Waals surface area contributed by atoms with Crippen LogP contribution < -0.4 is 5.32 Å². The summed E-state index contributed by atoms with van der Waals surface area (Å²) in [6.45, 7) is 0. The average Bonchev–Trinajstić information content (AvgIpc) is 3.16. The van der Waals surface area contributed by atoms with E-state index in [0.717, 1.165) is 5.56 Å². The molecule has 0 bridgehead atoms. The molecule has 1 amide bonds. The normalized spacial score (nSPS) is 10.7. The van der Waals surface area contributed by atoms with Crippen molar-refractivity contribution in [1.29, 1.82) is 0 Å². The molecular weight excluding hydrogens is 338 g/mol. The second kappa shape index (κ2) is 6.84. The molecule has 0 aliphatic carbocycles. The van der Waals surface area contributed by atoms with Crippen molar-refractivity contribution >= 4 is 35.1 Å². The molecule has 3 rings (SSSR count). The standard InChI is InChI=1S/C14H12ClN5O2S/c1-20-13(9-2-4-10(15)5-3-9)17-18-14(20)23-8-12(21)16-11-6-7-22-19-11/h2-7H,8H2,1H3,(H,16,19,21). The van der Waals surface area contributed by atoms with Crippen LogP contribution in [0.1, 0.15) is 0 Å². The van der Waals surface area contributed by atoms with Crippen molar-refractivity contribution in [3.8, 4) is 11.4 Å². The van der Waals surface area contributed by atoms with Crippen LogP contribution in [0.4, 0.5) is 5.82 Å². The molecule has 23 heavy (non-hydrogen) atoms. The van der Waals surface area contributed by atoms with E-state index in [1.165, 1.54) is 18.0 Å². The van der Waals surface area contributed by atoms with E-state index in [-0.39, 0.29) is 11.7 Å². The van der Waals surface area contributed by atoms with Crippen LogP contribution in [-0.4, -0.2) is 31.6 Å². The topological polar surface area (TPSA) is 85.8 Å². The monoisotopic (exact) mass is 349 g/mol. The number of thioether (sulfide) groups is 1. The molecule has 0 aliphatic rings. The quantitative estimate of drug-likeness (QED) is 0.713. The third-order valence-corrected chi connectivity index (χ3v) is 4.25. The highest BCUT2D eigenvalue weighted by atomic mass is 35.5. The van der Waals surface area contributed by atoms with E-state index in [2.05, 4.69) is 25.2 Å². The fourth-order valence-electron chi connectivity index (χ4n) is 1.88. The lowest BCUT2D eigenvalue weighted by Gasteiger charge is -2.04. The van der Waals surface area contributed by atoms with Gasteiger partial charge in [-0.25, -0.2) is 0 Å². The summed E-state index contributed by atoms with van der Waals surface area (Å²) in [5.74, 6) is 1.09. The highest BCUT2D eigenvalue weighted by molar-refractivity contribution is 7.99. The fraction of sp³-hybridized carbons (Fsp3) is 0.143. The Morgan fingerprint density at radius 2 is 2.09 bits per heavy atom. The van der Waals surface area contributed by atoms with Crippen LogP contribution in [-0.2, 0) is 11.8 Å². The van der Waals surface area contributed by atoms with E-state index in [9.17, 15) is 4.79 Å². The number of nitrogens with one attached hydrogen (secondary N) is 1. The molecule has 0 fully saturated rings.